The van der Waals surface area contributed by atoms with Gasteiger partial charge in [-0.05, 0) is 49.4 Å². The average Bonchev–Trinajstić information content (AvgIpc) is 2.71. The third-order valence-corrected chi connectivity index (χ3v) is 7.21. The fourth-order valence-electron chi connectivity index (χ4n) is 4.10. The van der Waals surface area contributed by atoms with Gasteiger partial charge in [-0.15, -0.1) is 0 Å². The summed E-state index contributed by atoms with van der Waals surface area (Å²) in [5, 5.41) is 3.16. The molecule has 0 spiro atoms. The summed E-state index contributed by atoms with van der Waals surface area (Å²) in [6.45, 7) is 7.30. The highest BCUT2D eigenvalue weighted by Gasteiger charge is 2.26. The molecular formula is C21H32N4O4S. The zero-order chi connectivity index (χ0) is 21.9. The molecular weight excluding hydrogens is 404 g/mol. The van der Waals surface area contributed by atoms with Crippen LogP contribution in [-0.2, 0) is 14.8 Å². The Morgan fingerprint density at radius 1 is 1.10 bits per heavy atom. The normalized spacial score (nSPS) is 20.8. The van der Waals surface area contributed by atoms with Crippen molar-refractivity contribution in [2.75, 3.05) is 57.4 Å². The van der Waals surface area contributed by atoms with Gasteiger partial charge in [0.25, 0.3) is 5.91 Å². The Kier molecular flexibility index (Phi) is 7.02. The minimum Gasteiger partial charge on any atom is -0.376 e. The maximum atomic E-state index is 12.8. The Labute approximate surface area is 179 Å². The van der Waals surface area contributed by atoms with E-state index >= 15 is 0 Å². The number of hydrogen-bond acceptors (Lipinski definition) is 5. The van der Waals surface area contributed by atoms with Crippen molar-refractivity contribution in [3.63, 3.8) is 0 Å². The van der Waals surface area contributed by atoms with Crippen molar-refractivity contribution in [3.8, 4) is 0 Å². The number of anilines is 1. The summed E-state index contributed by atoms with van der Waals surface area (Å²) in [5.41, 5.74) is 2.41. The summed E-state index contributed by atoms with van der Waals surface area (Å²) >= 11 is 0. The molecule has 2 heterocycles. The number of rotatable bonds is 5. The topological polar surface area (TPSA) is 90.0 Å². The van der Waals surface area contributed by atoms with E-state index in [9.17, 15) is 18.0 Å². The second-order valence-corrected chi connectivity index (χ2v) is 10.4. The van der Waals surface area contributed by atoms with Gasteiger partial charge in [0.15, 0.2) is 0 Å². The monoisotopic (exact) mass is 436 g/mol. The molecule has 2 saturated heterocycles. The highest BCUT2D eigenvalue weighted by molar-refractivity contribution is 7.88. The molecule has 3 rings (SSSR count). The summed E-state index contributed by atoms with van der Waals surface area (Å²) in [4.78, 5) is 28.9. The molecule has 0 aliphatic carbocycles. The second-order valence-electron chi connectivity index (χ2n) is 8.42. The van der Waals surface area contributed by atoms with E-state index in [1.807, 2.05) is 30.0 Å². The Morgan fingerprint density at radius 3 is 2.40 bits per heavy atom. The van der Waals surface area contributed by atoms with Gasteiger partial charge in [0, 0.05) is 50.5 Å². The Hall–Kier alpha value is -2.13. The van der Waals surface area contributed by atoms with Crippen molar-refractivity contribution >= 4 is 27.5 Å². The summed E-state index contributed by atoms with van der Waals surface area (Å²) in [5.74, 6) is 0.538. The lowest BCUT2D eigenvalue weighted by molar-refractivity contribution is -0.130. The lowest BCUT2D eigenvalue weighted by Gasteiger charge is -2.33. The highest BCUT2D eigenvalue weighted by Crippen LogP contribution is 2.21. The molecule has 1 aromatic rings. The number of nitrogens with one attached hydrogen (secondary N) is 1. The molecule has 2 fully saturated rings. The number of piperidine rings is 1. The molecule has 0 aromatic heterocycles. The van der Waals surface area contributed by atoms with Crippen LogP contribution >= 0.6 is 0 Å². The molecule has 1 aromatic carbocycles. The predicted molar refractivity (Wildman–Crippen MR) is 117 cm³/mol. The number of amides is 2. The Balaban J connectivity index is 1.54. The van der Waals surface area contributed by atoms with Crippen molar-refractivity contribution in [2.45, 2.75) is 26.7 Å². The number of carbonyl (C=O) groups is 2. The van der Waals surface area contributed by atoms with Gasteiger partial charge >= 0.3 is 0 Å². The molecule has 2 aliphatic rings. The van der Waals surface area contributed by atoms with E-state index in [-0.39, 0.29) is 18.4 Å². The molecule has 166 valence electrons. The molecule has 0 bridgehead atoms. The largest absolute Gasteiger partial charge is 0.376 e. The molecule has 2 amide bonds. The van der Waals surface area contributed by atoms with Gasteiger partial charge in [0.05, 0.1) is 12.8 Å². The first-order valence-corrected chi connectivity index (χ1v) is 12.4. The van der Waals surface area contributed by atoms with Crippen molar-refractivity contribution in [1.29, 1.82) is 0 Å². The number of carbonyl (C=O) groups excluding carboxylic acids is 2. The standard InChI is InChI=1S/C21H32N4O4S/c1-16-5-4-8-24(15-16)21(27)18-6-7-19(17(2)13-18)22-14-20(26)23-9-11-25(12-10-23)30(3,28)29/h6-7,13,16,22H,4-5,8-12,14-15H2,1-3H3. The van der Waals surface area contributed by atoms with E-state index in [0.29, 0.717) is 37.7 Å². The molecule has 1 unspecified atom stereocenters. The molecule has 0 saturated carbocycles. The van der Waals surface area contributed by atoms with Crippen molar-refractivity contribution in [2.24, 2.45) is 5.92 Å². The minimum atomic E-state index is -3.21. The van der Waals surface area contributed by atoms with Gasteiger partial charge in [0.2, 0.25) is 15.9 Å². The minimum absolute atomic E-state index is 0.0648. The third-order valence-electron chi connectivity index (χ3n) is 5.91. The van der Waals surface area contributed by atoms with E-state index in [4.69, 9.17) is 0 Å². The smallest absolute Gasteiger partial charge is 0.253 e. The Morgan fingerprint density at radius 2 is 1.80 bits per heavy atom. The molecule has 1 N–H and O–H groups in total. The lowest BCUT2D eigenvalue weighted by atomic mass is 9.99. The fourth-order valence-corrected chi connectivity index (χ4v) is 4.93. The summed E-state index contributed by atoms with van der Waals surface area (Å²) in [6, 6.07) is 5.54. The van der Waals surface area contributed by atoms with Gasteiger partial charge in [-0.3, -0.25) is 9.59 Å². The van der Waals surface area contributed by atoms with Crippen LogP contribution in [0.3, 0.4) is 0 Å². The van der Waals surface area contributed by atoms with Crippen LogP contribution < -0.4 is 5.32 Å². The number of piperazine rings is 1. The molecule has 8 nitrogen and oxygen atoms in total. The van der Waals surface area contributed by atoms with Gasteiger partial charge in [0.1, 0.15) is 0 Å². The number of likely N-dealkylation sites (tertiary alicyclic amines) is 1. The van der Waals surface area contributed by atoms with Gasteiger partial charge in [-0.2, -0.15) is 4.31 Å². The van der Waals surface area contributed by atoms with E-state index < -0.39 is 10.0 Å². The summed E-state index contributed by atoms with van der Waals surface area (Å²) in [6.07, 6.45) is 3.41. The van der Waals surface area contributed by atoms with E-state index in [1.165, 1.54) is 17.0 Å². The average molecular weight is 437 g/mol. The van der Waals surface area contributed by atoms with E-state index in [2.05, 4.69) is 12.2 Å². The number of hydrogen-bond donors (Lipinski definition) is 1. The third kappa shape index (κ3) is 5.51. The van der Waals surface area contributed by atoms with Crippen molar-refractivity contribution in [1.82, 2.24) is 14.1 Å². The fraction of sp³-hybridized carbons (Fsp3) is 0.619. The van der Waals surface area contributed by atoms with Gasteiger partial charge < -0.3 is 15.1 Å². The van der Waals surface area contributed by atoms with Crippen LogP contribution in [0.5, 0.6) is 0 Å². The van der Waals surface area contributed by atoms with Crippen LogP contribution in [0.1, 0.15) is 35.7 Å². The summed E-state index contributed by atoms with van der Waals surface area (Å²) < 4.78 is 24.6. The van der Waals surface area contributed by atoms with E-state index in [1.54, 1.807) is 4.90 Å². The van der Waals surface area contributed by atoms with Crippen LogP contribution in [0, 0.1) is 12.8 Å². The van der Waals surface area contributed by atoms with Crippen LogP contribution in [0.2, 0.25) is 0 Å². The number of aryl methyl sites for hydroxylation is 1. The molecule has 30 heavy (non-hydrogen) atoms. The Bertz CT molecular complexity index is 894. The van der Waals surface area contributed by atoms with Crippen molar-refractivity contribution in [3.05, 3.63) is 29.3 Å². The highest BCUT2D eigenvalue weighted by atomic mass is 32.2. The second kappa shape index (κ2) is 9.34. The first-order chi connectivity index (χ1) is 14.1. The maximum Gasteiger partial charge on any atom is 0.253 e. The number of benzene rings is 1. The van der Waals surface area contributed by atoms with Crippen LogP contribution in [0.25, 0.3) is 0 Å². The molecule has 9 heteroatoms. The first-order valence-electron chi connectivity index (χ1n) is 10.5. The number of sulfonamides is 1. The quantitative estimate of drug-likeness (QED) is 0.753. The maximum absolute atomic E-state index is 12.8. The lowest BCUT2D eigenvalue weighted by Crippen LogP contribution is -2.51. The first kappa shape index (κ1) is 22.6. The van der Waals surface area contributed by atoms with E-state index in [0.717, 1.165) is 30.8 Å². The van der Waals surface area contributed by atoms with Crippen molar-refractivity contribution < 1.29 is 18.0 Å². The molecule has 2 aliphatic heterocycles. The van der Waals surface area contributed by atoms with Gasteiger partial charge in [-0.25, -0.2) is 8.42 Å². The zero-order valence-electron chi connectivity index (χ0n) is 18.1. The predicted octanol–water partition coefficient (Wildman–Crippen LogP) is 1.38. The van der Waals surface area contributed by atoms with Crippen LogP contribution in [0.15, 0.2) is 18.2 Å². The SMILES string of the molecule is Cc1cc(C(=O)N2CCCC(C)C2)ccc1NCC(=O)N1CCN(S(C)(=O)=O)CC1. The van der Waals surface area contributed by atoms with Crippen LogP contribution in [0.4, 0.5) is 5.69 Å². The molecule has 1 atom stereocenters. The zero-order valence-corrected chi connectivity index (χ0v) is 18.9. The van der Waals surface area contributed by atoms with Crippen LogP contribution in [-0.4, -0.2) is 86.4 Å². The number of nitrogens with zero attached hydrogens (tertiary/aromatic N) is 3. The molecule has 0 radical (unpaired) electrons. The van der Waals surface area contributed by atoms with Gasteiger partial charge in [-0.1, -0.05) is 6.92 Å². The summed E-state index contributed by atoms with van der Waals surface area (Å²) in [7, 11) is -3.21.